The number of carbonyl (C=O) groups is 4. The van der Waals surface area contributed by atoms with Crippen LogP contribution in [-0.4, -0.2) is 60.6 Å². The number of amides is 1. The summed E-state index contributed by atoms with van der Waals surface area (Å²) in [5.74, 6) is -3.89. The van der Waals surface area contributed by atoms with Crippen LogP contribution in [0.5, 0.6) is 0 Å². The number of hydrogen-bond donors (Lipinski definition) is 0. The Morgan fingerprint density at radius 3 is 1.97 bits per heavy atom. The van der Waals surface area contributed by atoms with Crippen LogP contribution in [0.3, 0.4) is 0 Å². The third kappa shape index (κ3) is 5.13. The largest absolute Gasteiger partial charge is 0.465 e. The number of rotatable bonds is 8. The number of hydrogen-bond acceptors (Lipinski definition) is 7. The molecule has 0 saturated carbocycles. The van der Waals surface area contributed by atoms with Crippen LogP contribution in [0.1, 0.15) is 44.0 Å². The molecule has 1 saturated heterocycles. The summed E-state index contributed by atoms with van der Waals surface area (Å²) in [4.78, 5) is 52.2. The van der Waals surface area contributed by atoms with E-state index in [0.717, 1.165) is 0 Å². The predicted molar refractivity (Wildman–Crippen MR) is 103 cm³/mol. The molecule has 1 aromatic rings. The van der Waals surface area contributed by atoms with E-state index < -0.39 is 41.8 Å². The molecule has 1 aliphatic rings. The van der Waals surface area contributed by atoms with Crippen molar-refractivity contribution in [2.75, 3.05) is 19.8 Å². The van der Waals surface area contributed by atoms with Crippen LogP contribution in [0, 0.1) is 5.92 Å². The van der Waals surface area contributed by atoms with Gasteiger partial charge in [-0.1, -0.05) is 18.2 Å². The lowest BCUT2D eigenvalue weighted by molar-refractivity contribution is -0.165. The van der Waals surface area contributed by atoms with Gasteiger partial charge in [0.25, 0.3) is 5.91 Å². The maximum absolute atomic E-state index is 13.3. The molecule has 1 unspecified atom stereocenters. The van der Waals surface area contributed by atoms with Gasteiger partial charge in [-0.3, -0.25) is 14.4 Å². The Morgan fingerprint density at radius 2 is 1.45 bits per heavy atom. The van der Waals surface area contributed by atoms with Crippen LogP contribution in [-0.2, 0) is 28.6 Å². The highest BCUT2D eigenvalue weighted by molar-refractivity contribution is 6.00. The van der Waals surface area contributed by atoms with Crippen molar-refractivity contribution in [3.63, 3.8) is 0 Å². The van der Waals surface area contributed by atoms with E-state index in [1.165, 1.54) is 4.90 Å². The van der Waals surface area contributed by atoms with Gasteiger partial charge in [-0.05, 0) is 45.7 Å². The summed E-state index contributed by atoms with van der Waals surface area (Å²) in [6, 6.07) is 6.64. The molecule has 1 aliphatic heterocycles. The third-order valence-electron chi connectivity index (χ3n) is 4.71. The van der Waals surface area contributed by atoms with Crippen molar-refractivity contribution in [3.8, 4) is 0 Å². The minimum Gasteiger partial charge on any atom is -0.465 e. The molecule has 8 heteroatoms. The summed E-state index contributed by atoms with van der Waals surface area (Å²) in [6.45, 7) is 5.25. The van der Waals surface area contributed by atoms with Crippen LogP contribution in [0.4, 0.5) is 0 Å². The van der Waals surface area contributed by atoms with Crippen molar-refractivity contribution in [1.29, 1.82) is 0 Å². The van der Waals surface area contributed by atoms with Crippen LogP contribution in [0.2, 0.25) is 0 Å². The Hall–Kier alpha value is -2.90. The van der Waals surface area contributed by atoms with E-state index in [1.54, 1.807) is 51.1 Å². The van der Waals surface area contributed by atoms with E-state index >= 15 is 0 Å². The molecule has 8 nitrogen and oxygen atoms in total. The molecule has 0 aliphatic carbocycles. The van der Waals surface area contributed by atoms with E-state index in [1.807, 2.05) is 0 Å². The average molecular weight is 405 g/mol. The number of likely N-dealkylation sites (tertiary alicyclic amines) is 1. The summed E-state index contributed by atoms with van der Waals surface area (Å²) in [7, 11) is 0. The molecular formula is C21H27NO7. The van der Waals surface area contributed by atoms with Crippen LogP contribution >= 0.6 is 0 Å². The first-order valence-corrected chi connectivity index (χ1v) is 9.83. The Morgan fingerprint density at radius 1 is 0.897 bits per heavy atom. The average Bonchev–Trinajstić information content (AvgIpc) is 3.13. The highest BCUT2D eigenvalue weighted by Crippen LogP contribution is 2.33. The smallest absolute Gasteiger partial charge is 0.328 e. The van der Waals surface area contributed by atoms with Gasteiger partial charge in [-0.15, -0.1) is 0 Å². The Balaban J connectivity index is 2.45. The quantitative estimate of drug-likeness (QED) is 0.370. The molecule has 2 rings (SSSR count). The lowest BCUT2D eigenvalue weighted by Gasteiger charge is -2.32. The highest BCUT2D eigenvalue weighted by Gasteiger charge is 2.50. The van der Waals surface area contributed by atoms with Gasteiger partial charge in [0.15, 0.2) is 5.92 Å². The van der Waals surface area contributed by atoms with E-state index in [9.17, 15) is 19.2 Å². The van der Waals surface area contributed by atoms with E-state index in [0.29, 0.717) is 5.56 Å². The maximum Gasteiger partial charge on any atom is 0.328 e. The summed E-state index contributed by atoms with van der Waals surface area (Å²) >= 11 is 0. The van der Waals surface area contributed by atoms with E-state index in [-0.39, 0.29) is 32.7 Å². The number of ether oxygens (including phenoxy) is 3. The van der Waals surface area contributed by atoms with Gasteiger partial charge in [-0.2, -0.15) is 0 Å². The number of esters is 3. The Labute approximate surface area is 170 Å². The van der Waals surface area contributed by atoms with Crippen molar-refractivity contribution >= 4 is 23.8 Å². The standard InChI is InChI=1S/C21H27NO7/c1-4-27-19(24)16-13-12-15(17(20(25)28-5-2)21(26)29-6-3)22(16)18(23)14-10-8-7-9-11-14/h7-11,15-17H,4-6,12-13H2,1-3H3/t15?,16-/m0/s1. The fourth-order valence-corrected chi connectivity index (χ4v) is 3.53. The monoisotopic (exact) mass is 405 g/mol. The zero-order chi connectivity index (χ0) is 21.4. The fourth-order valence-electron chi connectivity index (χ4n) is 3.53. The molecule has 158 valence electrons. The minimum absolute atomic E-state index is 0.0788. The zero-order valence-corrected chi connectivity index (χ0v) is 17.0. The molecule has 1 aromatic carbocycles. The van der Waals surface area contributed by atoms with Crippen molar-refractivity contribution in [2.24, 2.45) is 5.92 Å². The second kappa shape index (κ2) is 10.6. The molecular weight excluding hydrogens is 378 g/mol. The molecule has 0 bridgehead atoms. The minimum atomic E-state index is -1.33. The predicted octanol–water partition coefficient (Wildman–Crippen LogP) is 1.97. The number of nitrogens with zero attached hydrogens (tertiary/aromatic N) is 1. The van der Waals surface area contributed by atoms with Crippen molar-refractivity contribution in [1.82, 2.24) is 4.90 Å². The van der Waals surface area contributed by atoms with Crippen LogP contribution < -0.4 is 0 Å². The van der Waals surface area contributed by atoms with Gasteiger partial charge in [-0.25, -0.2) is 4.79 Å². The first-order chi connectivity index (χ1) is 14.0. The van der Waals surface area contributed by atoms with Gasteiger partial charge in [0.2, 0.25) is 0 Å². The van der Waals surface area contributed by atoms with Crippen molar-refractivity contribution < 1.29 is 33.4 Å². The van der Waals surface area contributed by atoms with Gasteiger partial charge in [0.05, 0.1) is 25.9 Å². The van der Waals surface area contributed by atoms with E-state index in [2.05, 4.69) is 0 Å². The zero-order valence-electron chi connectivity index (χ0n) is 17.0. The van der Waals surface area contributed by atoms with Gasteiger partial charge >= 0.3 is 17.9 Å². The first kappa shape index (κ1) is 22.4. The highest BCUT2D eigenvalue weighted by atomic mass is 16.6. The molecule has 0 aromatic heterocycles. The molecule has 29 heavy (non-hydrogen) atoms. The Bertz CT molecular complexity index is 716. The van der Waals surface area contributed by atoms with E-state index in [4.69, 9.17) is 14.2 Å². The van der Waals surface area contributed by atoms with Gasteiger partial charge in [0.1, 0.15) is 6.04 Å². The molecule has 2 atom stereocenters. The maximum atomic E-state index is 13.3. The molecule has 0 radical (unpaired) electrons. The fraction of sp³-hybridized carbons (Fsp3) is 0.524. The number of benzene rings is 1. The Kier molecular flexibility index (Phi) is 8.18. The van der Waals surface area contributed by atoms with Crippen molar-refractivity contribution in [2.45, 2.75) is 45.7 Å². The SMILES string of the molecule is CCOC(=O)C(C(=O)OCC)C1CC[C@@H](C(=O)OCC)N1C(=O)c1ccccc1. The lowest BCUT2D eigenvalue weighted by atomic mass is 9.97. The van der Waals surface area contributed by atoms with Crippen molar-refractivity contribution in [3.05, 3.63) is 35.9 Å². The molecule has 1 fully saturated rings. The van der Waals surface area contributed by atoms with Gasteiger partial charge in [0, 0.05) is 5.56 Å². The second-order valence-corrected chi connectivity index (χ2v) is 6.47. The first-order valence-electron chi connectivity index (χ1n) is 9.83. The molecule has 1 heterocycles. The molecule has 0 N–H and O–H groups in total. The van der Waals surface area contributed by atoms with Gasteiger partial charge < -0.3 is 19.1 Å². The normalized spacial score (nSPS) is 18.4. The van der Waals surface area contributed by atoms with Crippen LogP contribution in [0.25, 0.3) is 0 Å². The lowest BCUT2D eigenvalue weighted by Crippen LogP contribution is -2.52. The third-order valence-corrected chi connectivity index (χ3v) is 4.71. The summed E-state index contributed by atoms with van der Waals surface area (Å²) in [5.41, 5.74) is 0.347. The number of carbonyl (C=O) groups excluding carboxylic acids is 4. The second-order valence-electron chi connectivity index (χ2n) is 6.47. The topological polar surface area (TPSA) is 99.2 Å². The molecule has 0 spiro atoms. The summed E-state index contributed by atoms with van der Waals surface area (Å²) < 4.78 is 15.3. The molecule has 1 amide bonds. The summed E-state index contributed by atoms with van der Waals surface area (Å²) in [6.07, 6.45) is 0.543. The van der Waals surface area contributed by atoms with Crippen LogP contribution in [0.15, 0.2) is 30.3 Å². The summed E-state index contributed by atoms with van der Waals surface area (Å²) in [5, 5.41) is 0.